The average molecular weight is 1110 g/mol. The normalized spacial score (nSPS) is 11.2. The van der Waals surface area contributed by atoms with Gasteiger partial charge >= 0.3 is 47.5 Å². The van der Waals surface area contributed by atoms with Gasteiger partial charge in [-0.05, 0) is 121 Å². The summed E-state index contributed by atoms with van der Waals surface area (Å²) in [6, 6.07) is 41.0. The minimum absolute atomic E-state index is 0. The zero-order valence-electron chi connectivity index (χ0n) is 46.8. The number of H-pyrrole nitrogens is 3. The van der Waals surface area contributed by atoms with Gasteiger partial charge in [0, 0.05) is 111 Å². The summed E-state index contributed by atoms with van der Waals surface area (Å²) in [6.45, 7) is 9.67. The SMILES string of the molecule is C1CCOC1.CC(=O)OOC(C)=O.COC(=O)/C=C/c1ccc(CNCCc2c[nH]c3ccccc23)cc1.NCCc1c[nH]c2ccccc12.O=C(/C=C/c1ccc(CNCCc2c[nH]c3ccccc23)cc1)NO.[B-]OC(C)=O.[Na+]. The van der Waals surface area contributed by atoms with Crippen molar-refractivity contribution in [2.75, 3.05) is 40.0 Å². The van der Waals surface area contributed by atoms with Gasteiger partial charge < -0.3 is 53.5 Å². The molecule has 81 heavy (non-hydrogen) atoms. The van der Waals surface area contributed by atoms with Crippen molar-refractivity contribution in [3.63, 3.8) is 0 Å². The van der Waals surface area contributed by atoms with Gasteiger partial charge in [-0.3, -0.25) is 14.8 Å². The van der Waals surface area contributed by atoms with Gasteiger partial charge in [0.25, 0.3) is 5.91 Å². The van der Waals surface area contributed by atoms with Crippen LogP contribution in [0.2, 0.25) is 0 Å². The first-order chi connectivity index (χ1) is 38.8. The number of esters is 1. The molecule has 1 aliphatic heterocycles. The topological polar surface area (TPSA) is 261 Å². The molecule has 3 aromatic heterocycles. The molecule has 0 spiro atoms. The van der Waals surface area contributed by atoms with E-state index < -0.39 is 23.8 Å². The first-order valence-electron chi connectivity index (χ1n) is 26.0. The first kappa shape index (κ1) is 67.7. The smallest absolute Gasteiger partial charge is 0.793 e. The number of fused-ring (bicyclic) bond motifs is 3. The van der Waals surface area contributed by atoms with E-state index in [9.17, 15) is 24.0 Å². The van der Waals surface area contributed by atoms with Gasteiger partial charge in [-0.1, -0.05) is 103 Å². The Balaban J connectivity index is 0.000000284. The quantitative estimate of drug-likeness (QED) is 0.0108. The molecule has 0 saturated carbocycles. The van der Waals surface area contributed by atoms with E-state index in [-0.39, 0.29) is 35.5 Å². The van der Waals surface area contributed by atoms with E-state index in [1.807, 2.05) is 60.8 Å². The second-order valence-electron chi connectivity index (χ2n) is 17.7. The number of aromatic amines is 3. The number of carbonyl (C=O) groups excluding carboxylic acids is 5. The molecule has 20 heteroatoms. The van der Waals surface area contributed by atoms with Crippen molar-refractivity contribution in [3.8, 4) is 0 Å². The van der Waals surface area contributed by atoms with Crippen LogP contribution in [0, 0.1) is 0 Å². The van der Waals surface area contributed by atoms with E-state index in [1.54, 1.807) is 17.6 Å². The number of aromatic nitrogens is 3. The van der Waals surface area contributed by atoms with E-state index in [0.717, 1.165) is 83.6 Å². The second kappa shape index (κ2) is 39.7. The largest absolute Gasteiger partial charge is 1.00 e. The predicted octanol–water partition coefficient (Wildman–Crippen LogP) is 5.84. The zero-order valence-corrected chi connectivity index (χ0v) is 48.8. The van der Waals surface area contributed by atoms with Gasteiger partial charge in [0.15, 0.2) is 0 Å². The van der Waals surface area contributed by atoms with Crippen LogP contribution in [-0.2, 0) is 80.2 Å². The Bertz CT molecular complexity index is 3000. The molecule has 0 bridgehead atoms. The summed E-state index contributed by atoms with van der Waals surface area (Å²) >= 11 is 0. The fourth-order valence-electron chi connectivity index (χ4n) is 7.64. The van der Waals surface area contributed by atoms with Crippen molar-refractivity contribution >= 4 is 82.7 Å². The van der Waals surface area contributed by atoms with Crippen LogP contribution in [-0.4, -0.2) is 98.0 Å². The van der Waals surface area contributed by atoms with Crippen molar-refractivity contribution in [1.82, 2.24) is 31.1 Å². The Kier molecular flexibility index (Phi) is 33.2. The molecule has 1 fully saturated rings. The van der Waals surface area contributed by atoms with Crippen LogP contribution < -0.4 is 51.4 Å². The van der Waals surface area contributed by atoms with Crippen LogP contribution in [0.25, 0.3) is 44.9 Å². The average Bonchev–Trinajstić information content (AvgIpc) is 4.40. The van der Waals surface area contributed by atoms with Gasteiger partial charge in [0.05, 0.1) is 7.11 Å². The molecule has 4 heterocycles. The van der Waals surface area contributed by atoms with Crippen LogP contribution >= 0.6 is 0 Å². The number of rotatable bonds is 16. The van der Waals surface area contributed by atoms with Crippen molar-refractivity contribution < 1.29 is 82.6 Å². The third-order valence-corrected chi connectivity index (χ3v) is 11.6. The summed E-state index contributed by atoms with van der Waals surface area (Å²) < 4.78 is 13.1. The fraction of sp³-hybridized carbons (Fsp3) is 0.262. The maximum Gasteiger partial charge on any atom is 1.00 e. The molecule has 5 aromatic carbocycles. The molecule has 3 radical (unpaired) electrons. The molecule has 9 N–H and O–H groups in total. The van der Waals surface area contributed by atoms with Gasteiger partial charge in [-0.2, -0.15) is 0 Å². The number of benzene rings is 5. The van der Waals surface area contributed by atoms with E-state index in [0.29, 0.717) is 6.54 Å². The molecule has 8 aromatic rings. The number of hydroxylamine groups is 1. The van der Waals surface area contributed by atoms with E-state index in [1.165, 1.54) is 99.6 Å². The number of para-hydroxylation sites is 3. The molecule has 1 saturated heterocycles. The predicted molar refractivity (Wildman–Crippen MR) is 312 cm³/mol. The van der Waals surface area contributed by atoms with Crippen molar-refractivity contribution in [1.29, 1.82) is 0 Å². The van der Waals surface area contributed by atoms with Crippen LogP contribution in [0.3, 0.4) is 0 Å². The van der Waals surface area contributed by atoms with Crippen molar-refractivity contribution in [2.24, 2.45) is 5.73 Å². The third-order valence-electron chi connectivity index (χ3n) is 11.6. The first-order valence-corrected chi connectivity index (χ1v) is 26.0. The number of nitrogens with one attached hydrogen (secondary N) is 6. The maximum atomic E-state index is 11.1. The molecule has 1 amide bonds. The van der Waals surface area contributed by atoms with Crippen LogP contribution in [0.15, 0.2) is 152 Å². The number of hydrogen-bond donors (Lipinski definition) is 8. The summed E-state index contributed by atoms with van der Waals surface area (Å²) in [7, 11) is 5.69. The van der Waals surface area contributed by atoms with E-state index >= 15 is 0 Å². The van der Waals surface area contributed by atoms with Crippen LogP contribution in [0.1, 0.15) is 72.6 Å². The Morgan fingerprint density at radius 3 is 1.31 bits per heavy atom. The minimum Gasteiger partial charge on any atom is -0.793 e. The standard InChI is InChI=1S/C21H22N2O2.C20H21N3O2.C10H12N2.C4H6O4.C4H8O.C2H3BO2.Na/c1-25-21(24)11-10-16-6-8-17(9-7-16)14-22-13-12-18-15-23-20-5-3-2-4-19(18)20;24-20(23-25)10-9-15-5-7-16(8-6-15)13-21-12-11-17-14-22-19-4-2-1-3-18(17)19;11-6-5-8-7-12-10-4-2-1-3-9(8)10;1-3(5)7-8-4(2)6;1-2-4-5-3-1;1-2(4)5-3;/h2-11,15,22-23H,12-14H2,1H3;1-10,14,21-22,25H,11-13H2,(H,23,24);1-4,7,12H,5-6,11H2;1-2H3;1-4H2;1H3;/q;;;;;-1;+1/b11-10+;10-9+;;;;;. The number of nitrogens with two attached hydrogens (primary N) is 1. The van der Waals surface area contributed by atoms with E-state index in [2.05, 4.69) is 132 Å². The monoisotopic (exact) mass is 1110 g/mol. The molecule has 0 unspecified atom stereocenters. The minimum atomic E-state index is -0.639. The van der Waals surface area contributed by atoms with Gasteiger partial charge in [-0.15, -0.1) is 0 Å². The number of amides is 1. The number of ether oxygens (including phenoxy) is 2. The zero-order chi connectivity index (χ0) is 57.7. The van der Waals surface area contributed by atoms with Gasteiger partial charge in [0.2, 0.25) is 5.97 Å². The summed E-state index contributed by atoms with van der Waals surface area (Å²) in [6.07, 6.45) is 17.8. The number of carbonyl (C=O) groups is 5. The van der Waals surface area contributed by atoms with Gasteiger partial charge in [0.1, 0.15) is 0 Å². The van der Waals surface area contributed by atoms with Crippen LogP contribution in [0.4, 0.5) is 0 Å². The molecular weight excluding hydrogens is 1040 g/mol. The Morgan fingerprint density at radius 1 is 0.593 bits per heavy atom. The van der Waals surface area contributed by atoms with Crippen LogP contribution in [0.5, 0.6) is 0 Å². The molecule has 18 nitrogen and oxygen atoms in total. The Morgan fingerprint density at radius 2 is 0.975 bits per heavy atom. The Hall–Kier alpha value is -7.59. The molecule has 9 rings (SSSR count). The van der Waals surface area contributed by atoms with E-state index in [4.69, 9.17) is 15.7 Å². The summed E-state index contributed by atoms with van der Waals surface area (Å²) in [4.78, 5) is 68.6. The van der Waals surface area contributed by atoms with Crippen molar-refractivity contribution in [2.45, 2.75) is 66.0 Å². The summed E-state index contributed by atoms with van der Waals surface area (Å²) in [5, 5.41) is 19.3. The van der Waals surface area contributed by atoms with Gasteiger partial charge in [-0.25, -0.2) is 29.6 Å². The molecule has 1 aliphatic rings. The second-order valence-corrected chi connectivity index (χ2v) is 17.7. The third kappa shape index (κ3) is 27.0. The maximum absolute atomic E-state index is 11.1. The Labute approximate surface area is 496 Å². The number of hydrogen-bond acceptors (Lipinski definition) is 14. The summed E-state index contributed by atoms with van der Waals surface area (Å²) in [5.74, 6) is -2.63. The summed E-state index contributed by atoms with van der Waals surface area (Å²) in [5.41, 5.74) is 18.9. The molecule has 0 aliphatic carbocycles. The van der Waals surface area contributed by atoms with Crippen molar-refractivity contribution in [3.05, 3.63) is 191 Å². The fourth-order valence-corrected chi connectivity index (χ4v) is 7.64. The molecular formula is C61H72BN7NaO11. The molecule has 421 valence electrons. The molecule has 0 atom stereocenters. The number of methoxy groups -OCH3 is 1.